The zero-order valence-corrected chi connectivity index (χ0v) is 14.2. The molecule has 2 atom stereocenters. The number of hydrogen-bond donors (Lipinski definition) is 2. The molecule has 0 aliphatic carbocycles. The first kappa shape index (κ1) is 16.1. The summed E-state index contributed by atoms with van der Waals surface area (Å²) in [7, 11) is 2.03. The van der Waals surface area contributed by atoms with Gasteiger partial charge in [0.15, 0.2) is 0 Å². The molecule has 4 nitrogen and oxygen atoms in total. The number of ether oxygens (including phenoxy) is 1. The zero-order valence-electron chi connectivity index (χ0n) is 13.4. The van der Waals surface area contributed by atoms with Crippen molar-refractivity contribution < 1.29 is 9.84 Å². The minimum atomic E-state index is -0.531. The average Bonchev–Trinajstić information content (AvgIpc) is 3.23. The Kier molecular flexibility index (Phi) is 5.00. The minimum absolute atomic E-state index is 0.284. The molecule has 2 unspecified atom stereocenters. The first-order valence-electron chi connectivity index (χ1n) is 7.76. The van der Waals surface area contributed by atoms with Crippen LogP contribution >= 0.6 is 11.3 Å². The molecular formula is C18H22N2O2S. The maximum atomic E-state index is 10.3. The molecule has 1 aromatic carbocycles. The van der Waals surface area contributed by atoms with Gasteiger partial charge in [0.2, 0.25) is 0 Å². The Labute approximate surface area is 140 Å². The van der Waals surface area contributed by atoms with Crippen LogP contribution in [0, 0.1) is 0 Å². The van der Waals surface area contributed by atoms with Crippen molar-refractivity contribution in [2.24, 2.45) is 0 Å². The van der Waals surface area contributed by atoms with Crippen molar-refractivity contribution in [2.75, 3.05) is 20.2 Å². The molecule has 0 amide bonds. The first-order chi connectivity index (χ1) is 11.1. The van der Waals surface area contributed by atoms with Crippen LogP contribution in [-0.4, -0.2) is 41.3 Å². The Morgan fingerprint density at radius 2 is 2.13 bits per heavy atom. The Bertz CT molecular complexity index is 738. The van der Waals surface area contributed by atoms with E-state index in [0.717, 1.165) is 16.7 Å². The lowest BCUT2D eigenvalue weighted by Crippen LogP contribution is -2.34. The molecule has 2 heterocycles. The number of thiophene rings is 1. The highest BCUT2D eigenvalue weighted by atomic mass is 32.1. The van der Waals surface area contributed by atoms with Gasteiger partial charge >= 0.3 is 0 Å². The third-order valence-corrected chi connectivity index (χ3v) is 5.14. The van der Waals surface area contributed by atoms with E-state index in [9.17, 15) is 5.11 Å². The average molecular weight is 330 g/mol. The van der Waals surface area contributed by atoms with Gasteiger partial charge in [-0.05, 0) is 43.6 Å². The number of likely N-dealkylation sites (N-methyl/N-ethyl adjacent to an activating group) is 1. The lowest BCUT2D eigenvalue weighted by molar-refractivity contribution is 0.0664. The fourth-order valence-electron chi connectivity index (χ4n) is 2.66. The smallest absolute Gasteiger partial charge is 0.128 e. The largest absolute Gasteiger partial charge is 0.490 e. The van der Waals surface area contributed by atoms with Crippen molar-refractivity contribution in [1.29, 1.82) is 0 Å². The third kappa shape index (κ3) is 3.75. The lowest BCUT2D eigenvalue weighted by Gasteiger charge is -2.26. The molecule has 0 fully saturated rings. The monoisotopic (exact) mass is 330 g/mol. The van der Waals surface area contributed by atoms with E-state index in [4.69, 9.17) is 4.74 Å². The predicted molar refractivity (Wildman–Crippen MR) is 95.2 cm³/mol. The fraction of sp³-hybridized carbons (Fsp3) is 0.333. The molecule has 5 heteroatoms. The molecule has 2 aromatic heterocycles. The van der Waals surface area contributed by atoms with Crippen LogP contribution in [0.5, 0.6) is 5.75 Å². The Hall–Kier alpha value is -1.82. The van der Waals surface area contributed by atoms with Gasteiger partial charge in [0, 0.05) is 34.6 Å². The molecule has 3 aromatic rings. The van der Waals surface area contributed by atoms with Crippen molar-refractivity contribution >= 4 is 22.2 Å². The molecule has 0 saturated heterocycles. The normalized spacial score (nSPS) is 14.3. The highest BCUT2D eigenvalue weighted by Gasteiger charge is 2.17. The van der Waals surface area contributed by atoms with E-state index in [2.05, 4.69) is 34.3 Å². The van der Waals surface area contributed by atoms with Crippen molar-refractivity contribution in [3.05, 3.63) is 52.9 Å². The number of aliphatic hydroxyl groups is 1. The summed E-state index contributed by atoms with van der Waals surface area (Å²) < 4.78 is 5.82. The summed E-state index contributed by atoms with van der Waals surface area (Å²) in [6.45, 7) is 3.01. The second-order valence-corrected chi connectivity index (χ2v) is 6.77. The molecular weight excluding hydrogens is 308 g/mol. The number of fused-ring (bicyclic) bond motifs is 1. The lowest BCUT2D eigenvalue weighted by atomic mass is 10.2. The van der Waals surface area contributed by atoms with E-state index in [1.165, 1.54) is 4.88 Å². The topological polar surface area (TPSA) is 48.5 Å². The molecule has 0 saturated carbocycles. The zero-order chi connectivity index (χ0) is 16.2. The van der Waals surface area contributed by atoms with E-state index in [1.807, 2.05) is 37.5 Å². The second kappa shape index (κ2) is 7.17. The van der Waals surface area contributed by atoms with Crippen molar-refractivity contribution in [3.63, 3.8) is 0 Å². The molecule has 23 heavy (non-hydrogen) atoms. The van der Waals surface area contributed by atoms with Crippen LogP contribution in [0.1, 0.15) is 17.8 Å². The van der Waals surface area contributed by atoms with E-state index < -0.39 is 6.10 Å². The van der Waals surface area contributed by atoms with Gasteiger partial charge in [0.05, 0.1) is 0 Å². The van der Waals surface area contributed by atoms with Gasteiger partial charge in [-0.1, -0.05) is 12.1 Å². The third-order valence-electron chi connectivity index (χ3n) is 4.10. The van der Waals surface area contributed by atoms with Gasteiger partial charge in [-0.3, -0.25) is 4.90 Å². The number of aromatic amines is 1. The van der Waals surface area contributed by atoms with E-state index in [-0.39, 0.29) is 12.6 Å². The highest BCUT2D eigenvalue weighted by Crippen LogP contribution is 2.25. The van der Waals surface area contributed by atoms with Crippen LogP contribution in [-0.2, 0) is 0 Å². The molecule has 0 bridgehead atoms. The summed E-state index contributed by atoms with van der Waals surface area (Å²) in [6.07, 6.45) is 1.36. The van der Waals surface area contributed by atoms with E-state index >= 15 is 0 Å². The van der Waals surface area contributed by atoms with Crippen LogP contribution in [0.2, 0.25) is 0 Å². The van der Waals surface area contributed by atoms with Crippen LogP contribution in [0.15, 0.2) is 48.0 Å². The SMILES string of the molecule is CC(c1cccs1)N(C)CC(O)COc1cccc2[nH]ccc12. The number of hydrogen-bond acceptors (Lipinski definition) is 4. The Balaban J connectivity index is 1.55. The molecule has 3 rings (SSSR count). The number of rotatable bonds is 7. The molecule has 0 aliphatic rings. The van der Waals surface area contributed by atoms with Gasteiger partial charge in [0.1, 0.15) is 18.5 Å². The van der Waals surface area contributed by atoms with Gasteiger partial charge in [0.25, 0.3) is 0 Å². The molecule has 2 N–H and O–H groups in total. The van der Waals surface area contributed by atoms with E-state index in [1.54, 1.807) is 11.3 Å². The summed E-state index contributed by atoms with van der Waals surface area (Å²) in [6, 6.07) is 12.4. The fourth-order valence-corrected chi connectivity index (χ4v) is 3.51. The summed E-state index contributed by atoms with van der Waals surface area (Å²) in [5, 5.41) is 13.4. The van der Waals surface area contributed by atoms with Crippen LogP contribution in [0.3, 0.4) is 0 Å². The highest BCUT2D eigenvalue weighted by molar-refractivity contribution is 7.10. The van der Waals surface area contributed by atoms with Crippen molar-refractivity contribution in [1.82, 2.24) is 9.88 Å². The predicted octanol–water partition coefficient (Wildman–Crippen LogP) is 3.66. The quantitative estimate of drug-likeness (QED) is 0.695. The van der Waals surface area contributed by atoms with Gasteiger partial charge in [-0.25, -0.2) is 0 Å². The standard InChI is InChI=1S/C18H22N2O2S/c1-13(18-7-4-10-23-18)20(2)11-14(21)12-22-17-6-3-5-16-15(17)8-9-19-16/h3-10,13-14,19,21H,11-12H2,1-2H3. The Morgan fingerprint density at radius 3 is 2.91 bits per heavy atom. The van der Waals surface area contributed by atoms with Crippen molar-refractivity contribution in [3.8, 4) is 5.75 Å². The van der Waals surface area contributed by atoms with Gasteiger partial charge < -0.3 is 14.8 Å². The molecule has 0 spiro atoms. The summed E-state index contributed by atoms with van der Waals surface area (Å²) >= 11 is 1.74. The number of nitrogens with one attached hydrogen (secondary N) is 1. The number of H-pyrrole nitrogens is 1. The van der Waals surface area contributed by atoms with Gasteiger partial charge in [-0.2, -0.15) is 0 Å². The summed E-state index contributed by atoms with van der Waals surface area (Å²) in [4.78, 5) is 6.61. The van der Waals surface area contributed by atoms with Crippen molar-refractivity contribution in [2.45, 2.75) is 19.1 Å². The summed E-state index contributed by atoms with van der Waals surface area (Å²) in [5.41, 5.74) is 1.04. The molecule has 0 radical (unpaired) electrons. The number of nitrogens with zero attached hydrogens (tertiary/aromatic N) is 1. The van der Waals surface area contributed by atoms with Crippen LogP contribution in [0.4, 0.5) is 0 Å². The number of aliphatic hydroxyl groups excluding tert-OH is 1. The second-order valence-electron chi connectivity index (χ2n) is 5.79. The minimum Gasteiger partial charge on any atom is -0.490 e. The van der Waals surface area contributed by atoms with Crippen LogP contribution < -0.4 is 4.74 Å². The Morgan fingerprint density at radius 1 is 1.26 bits per heavy atom. The first-order valence-corrected chi connectivity index (χ1v) is 8.63. The summed E-state index contributed by atoms with van der Waals surface area (Å²) in [5.74, 6) is 0.803. The van der Waals surface area contributed by atoms with Crippen LogP contribution in [0.25, 0.3) is 10.9 Å². The maximum Gasteiger partial charge on any atom is 0.128 e. The van der Waals surface area contributed by atoms with E-state index in [0.29, 0.717) is 6.54 Å². The molecule has 0 aliphatic heterocycles. The molecule has 122 valence electrons. The van der Waals surface area contributed by atoms with Gasteiger partial charge in [-0.15, -0.1) is 11.3 Å². The number of aromatic nitrogens is 1. The maximum absolute atomic E-state index is 10.3. The number of benzene rings is 1.